The standard InChI is InChI=1S/C18H18N4O2/c1-13(14-8-10-19-11-9-14)21(2)18(24)16-12-17(23)22(20-16)15-6-4-3-5-7-15/h3-13,20H,1-2H3. The molecule has 3 rings (SSSR count). The van der Waals surface area contributed by atoms with Crippen molar-refractivity contribution in [1.82, 2.24) is 19.7 Å². The highest BCUT2D eigenvalue weighted by Gasteiger charge is 2.21. The van der Waals surface area contributed by atoms with E-state index >= 15 is 0 Å². The van der Waals surface area contributed by atoms with Crippen LogP contribution in [-0.2, 0) is 0 Å². The van der Waals surface area contributed by atoms with Crippen molar-refractivity contribution in [3.05, 3.63) is 82.5 Å². The van der Waals surface area contributed by atoms with Gasteiger partial charge in [0.2, 0.25) is 0 Å². The van der Waals surface area contributed by atoms with Crippen molar-refractivity contribution in [2.45, 2.75) is 13.0 Å². The number of H-pyrrole nitrogens is 1. The molecule has 122 valence electrons. The second-order valence-electron chi connectivity index (χ2n) is 5.55. The lowest BCUT2D eigenvalue weighted by atomic mass is 10.1. The van der Waals surface area contributed by atoms with Crippen LogP contribution in [0.25, 0.3) is 5.69 Å². The molecule has 0 saturated carbocycles. The molecule has 1 unspecified atom stereocenters. The van der Waals surface area contributed by atoms with Crippen LogP contribution in [0.5, 0.6) is 0 Å². The summed E-state index contributed by atoms with van der Waals surface area (Å²) < 4.78 is 1.36. The molecule has 0 radical (unpaired) electrons. The number of rotatable bonds is 4. The number of para-hydroxylation sites is 1. The maximum atomic E-state index is 12.7. The second kappa shape index (κ2) is 6.54. The second-order valence-corrected chi connectivity index (χ2v) is 5.55. The predicted octanol–water partition coefficient (Wildman–Crippen LogP) is 2.39. The van der Waals surface area contributed by atoms with E-state index in [0.717, 1.165) is 5.56 Å². The maximum absolute atomic E-state index is 12.7. The highest BCUT2D eigenvalue weighted by atomic mass is 16.2. The molecule has 24 heavy (non-hydrogen) atoms. The lowest BCUT2D eigenvalue weighted by Crippen LogP contribution is -2.30. The number of pyridine rings is 1. The third kappa shape index (κ3) is 2.99. The zero-order chi connectivity index (χ0) is 17.1. The van der Waals surface area contributed by atoms with Gasteiger partial charge in [0.25, 0.3) is 11.5 Å². The molecule has 2 aromatic heterocycles. The molecular weight excluding hydrogens is 304 g/mol. The monoisotopic (exact) mass is 322 g/mol. The van der Waals surface area contributed by atoms with Gasteiger partial charge in [0.05, 0.1) is 11.7 Å². The highest BCUT2D eigenvalue weighted by Crippen LogP contribution is 2.19. The van der Waals surface area contributed by atoms with Gasteiger partial charge in [-0.2, -0.15) is 0 Å². The minimum atomic E-state index is -0.269. The van der Waals surface area contributed by atoms with Gasteiger partial charge in [-0.05, 0) is 36.8 Å². The van der Waals surface area contributed by atoms with E-state index in [4.69, 9.17) is 0 Å². The number of carbonyl (C=O) groups is 1. The highest BCUT2D eigenvalue weighted by molar-refractivity contribution is 5.92. The number of nitrogens with one attached hydrogen (secondary N) is 1. The van der Waals surface area contributed by atoms with Crippen molar-refractivity contribution >= 4 is 5.91 Å². The van der Waals surface area contributed by atoms with Crippen LogP contribution in [0.2, 0.25) is 0 Å². The first-order chi connectivity index (χ1) is 11.6. The number of hydrogen-bond donors (Lipinski definition) is 1. The molecule has 6 nitrogen and oxygen atoms in total. The van der Waals surface area contributed by atoms with Crippen LogP contribution in [0.3, 0.4) is 0 Å². The van der Waals surface area contributed by atoms with Crippen LogP contribution in [0.4, 0.5) is 0 Å². The summed E-state index contributed by atoms with van der Waals surface area (Å²) in [5.41, 5.74) is 1.65. The quantitative estimate of drug-likeness (QED) is 0.802. The molecular formula is C18H18N4O2. The molecule has 0 aliphatic rings. The van der Waals surface area contributed by atoms with Crippen molar-refractivity contribution < 1.29 is 4.79 Å². The Balaban J connectivity index is 1.87. The van der Waals surface area contributed by atoms with Crippen molar-refractivity contribution in [2.24, 2.45) is 0 Å². The molecule has 1 N–H and O–H groups in total. The fraction of sp³-hybridized carbons (Fsp3) is 0.167. The van der Waals surface area contributed by atoms with Crippen LogP contribution in [0.15, 0.2) is 65.7 Å². The molecule has 0 spiro atoms. The van der Waals surface area contributed by atoms with E-state index in [1.807, 2.05) is 37.3 Å². The van der Waals surface area contributed by atoms with E-state index in [0.29, 0.717) is 5.69 Å². The molecule has 6 heteroatoms. The SMILES string of the molecule is CC(c1ccncc1)N(C)C(=O)c1cc(=O)n(-c2ccccc2)[nH]1. The zero-order valence-corrected chi connectivity index (χ0v) is 13.5. The minimum Gasteiger partial charge on any atom is -0.334 e. The van der Waals surface area contributed by atoms with Crippen LogP contribution >= 0.6 is 0 Å². The van der Waals surface area contributed by atoms with E-state index in [1.54, 1.807) is 36.5 Å². The van der Waals surface area contributed by atoms with Gasteiger partial charge < -0.3 is 4.90 Å². The first kappa shape index (κ1) is 15.7. The first-order valence-electron chi connectivity index (χ1n) is 7.62. The van der Waals surface area contributed by atoms with E-state index in [2.05, 4.69) is 10.1 Å². The number of carbonyl (C=O) groups excluding carboxylic acids is 1. The minimum absolute atomic E-state index is 0.135. The molecule has 0 saturated heterocycles. The fourth-order valence-electron chi connectivity index (χ4n) is 2.51. The van der Waals surface area contributed by atoms with Gasteiger partial charge in [0.15, 0.2) is 0 Å². The van der Waals surface area contributed by atoms with Crippen molar-refractivity contribution in [2.75, 3.05) is 7.05 Å². The van der Waals surface area contributed by atoms with Crippen LogP contribution < -0.4 is 5.56 Å². The molecule has 1 amide bonds. The maximum Gasteiger partial charge on any atom is 0.272 e. The lowest BCUT2D eigenvalue weighted by Gasteiger charge is -2.24. The molecule has 0 fully saturated rings. The topological polar surface area (TPSA) is 71.0 Å². The molecule has 2 heterocycles. The van der Waals surface area contributed by atoms with Crippen molar-refractivity contribution in [1.29, 1.82) is 0 Å². The molecule has 3 aromatic rings. The van der Waals surface area contributed by atoms with Crippen LogP contribution in [-0.4, -0.2) is 32.6 Å². The summed E-state index contributed by atoms with van der Waals surface area (Å²) in [5.74, 6) is -0.244. The largest absolute Gasteiger partial charge is 0.334 e. The van der Waals surface area contributed by atoms with Gasteiger partial charge in [-0.25, -0.2) is 4.68 Å². The summed E-state index contributed by atoms with van der Waals surface area (Å²) in [6, 6.07) is 14.1. The van der Waals surface area contributed by atoms with E-state index in [1.165, 1.54) is 10.7 Å². The Morgan fingerprint density at radius 3 is 2.50 bits per heavy atom. The third-order valence-corrected chi connectivity index (χ3v) is 4.06. The normalized spacial score (nSPS) is 11.9. The predicted molar refractivity (Wildman–Crippen MR) is 91.1 cm³/mol. The first-order valence-corrected chi connectivity index (χ1v) is 7.62. The number of amides is 1. The number of aromatic nitrogens is 3. The van der Waals surface area contributed by atoms with Crippen LogP contribution in [0, 0.1) is 0 Å². The number of nitrogens with zero attached hydrogens (tertiary/aromatic N) is 3. The molecule has 1 atom stereocenters. The third-order valence-electron chi connectivity index (χ3n) is 4.06. The Bertz CT molecular complexity index is 884. The number of hydrogen-bond acceptors (Lipinski definition) is 3. The molecule has 0 aliphatic carbocycles. The van der Waals surface area contributed by atoms with Gasteiger partial charge in [-0.3, -0.25) is 19.7 Å². The lowest BCUT2D eigenvalue weighted by molar-refractivity contribution is 0.0736. The fourth-order valence-corrected chi connectivity index (χ4v) is 2.51. The Hall–Kier alpha value is -3.15. The van der Waals surface area contributed by atoms with Crippen LogP contribution in [0.1, 0.15) is 29.0 Å². The van der Waals surface area contributed by atoms with Gasteiger partial charge in [-0.15, -0.1) is 0 Å². The summed E-state index contributed by atoms with van der Waals surface area (Å²) in [7, 11) is 1.71. The Morgan fingerprint density at radius 1 is 1.17 bits per heavy atom. The molecule has 0 bridgehead atoms. The average molecular weight is 322 g/mol. The smallest absolute Gasteiger partial charge is 0.272 e. The van der Waals surface area contributed by atoms with E-state index < -0.39 is 0 Å². The van der Waals surface area contributed by atoms with Crippen molar-refractivity contribution in [3.63, 3.8) is 0 Å². The molecule has 0 aliphatic heterocycles. The summed E-state index contributed by atoms with van der Waals surface area (Å²) in [4.78, 5) is 30.4. The van der Waals surface area contributed by atoms with Crippen molar-refractivity contribution in [3.8, 4) is 5.69 Å². The van der Waals surface area contributed by atoms with E-state index in [-0.39, 0.29) is 23.2 Å². The summed E-state index contributed by atoms with van der Waals surface area (Å²) >= 11 is 0. The van der Waals surface area contributed by atoms with E-state index in [9.17, 15) is 9.59 Å². The Labute approximate surface area is 139 Å². The summed E-state index contributed by atoms with van der Waals surface area (Å²) in [6.45, 7) is 1.93. The average Bonchev–Trinajstić information content (AvgIpc) is 3.03. The molecule has 1 aromatic carbocycles. The summed E-state index contributed by atoms with van der Waals surface area (Å²) in [5, 5.41) is 2.89. The number of benzene rings is 1. The van der Waals surface area contributed by atoms with Gasteiger partial charge >= 0.3 is 0 Å². The zero-order valence-electron chi connectivity index (χ0n) is 13.5. The van der Waals surface area contributed by atoms with Gasteiger partial charge in [-0.1, -0.05) is 18.2 Å². The van der Waals surface area contributed by atoms with Gasteiger partial charge in [0, 0.05) is 25.5 Å². The summed E-state index contributed by atoms with van der Waals surface area (Å²) in [6.07, 6.45) is 3.38. The Morgan fingerprint density at radius 2 is 1.83 bits per heavy atom. The Kier molecular flexibility index (Phi) is 4.29. The van der Waals surface area contributed by atoms with Gasteiger partial charge in [0.1, 0.15) is 5.69 Å². The number of aromatic amines is 1.